The lowest BCUT2D eigenvalue weighted by Gasteiger charge is -1.83. The van der Waals surface area contributed by atoms with E-state index >= 15 is 0 Å². The van der Waals surface area contributed by atoms with Gasteiger partial charge in [0.2, 0.25) is 0 Å². The second-order valence-electron chi connectivity index (χ2n) is 1.28. The summed E-state index contributed by atoms with van der Waals surface area (Å²) in [6.45, 7) is 1.19. The fourth-order valence-electron chi connectivity index (χ4n) is 0.218. The molecule has 0 atom stereocenters. The van der Waals surface area contributed by atoms with E-state index in [1.807, 2.05) is 0 Å². The first-order valence-electron chi connectivity index (χ1n) is 2.45. The quantitative estimate of drug-likeness (QED) is 0.328. The van der Waals surface area contributed by atoms with Crippen LogP contribution < -0.4 is 0 Å². The smallest absolute Gasteiger partial charge is 0.308 e. The number of carbonyl (C=O) groups is 1. The topological polar surface area (TPSA) is 46.5 Å². The molecule has 0 rings (SSSR count). The molecule has 0 aromatic heterocycles. The highest BCUT2D eigenvalue weighted by molar-refractivity contribution is 5.66. The van der Waals surface area contributed by atoms with Crippen LogP contribution in [-0.2, 0) is 9.53 Å². The Morgan fingerprint density at radius 2 is 2.56 bits per heavy atom. The Labute approximate surface area is 53.3 Å². The van der Waals surface area contributed by atoms with Crippen LogP contribution in [0.25, 0.3) is 0 Å². The monoisotopic (exact) mass is 128 g/mol. The lowest BCUT2D eigenvalue weighted by Crippen LogP contribution is -1.88. The van der Waals surface area contributed by atoms with Crippen molar-refractivity contribution in [1.29, 1.82) is 0 Å². The van der Waals surface area contributed by atoms with Crippen LogP contribution in [0.1, 0.15) is 6.92 Å². The lowest BCUT2D eigenvalue weighted by atomic mass is 10.6. The van der Waals surface area contributed by atoms with Crippen molar-refractivity contribution in [3.8, 4) is 0 Å². The summed E-state index contributed by atoms with van der Waals surface area (Å²) in [5.74, 6) is -0.395. The zero-order valence-electron chi connectivity index (χ0n) is 5.13. The molecule has 0 amide bonds. The summed E-state index contributed by atoms with van der Waals surface area (Å²) in [6.07, 6.45) is 2.43. The van der Waals surface area contributed by atoms with Crippen molar-refractivity contribution in [1.82, 2.24) is 0 Å². The van der Waals surface area contributed by atoms with Gasteiger partial charge in [0.1, 0.15) is 6.26 Å². The SMILES string of the molecule is CC(=O)OC=C=CCO. The molecular formula is C6H8O3. The highest BCUT2D eigenvalue weighted by Crippen LogP contribution is 1.74. The molecule has 3 heteroatoms. The number of hydrogen-bond donors (Lipinski definition) is 1. The van der Waals surface area contributed by atoms with Crippen molar-refractivity contribution in [2.24, 2.45) is 0 Å². The number of carbonyl (C=O) groups excluding carboxylic acids is 1. The largest absolute Gasteiger partial charge is 0.426 e. The molecule has 0 radical (unpaired) electrons. The molecule has 0 aliphatic carbocycles. The molecule has 0 unspecified atom stereocenters. The van der Waals surface area contributed by atoms with Gasteiger partial charge in [-0.25, -0.2) is 0 Å². The summed E-state index contributed by atoms with van der Waals surface area (Å²) in [5.41, 5.74) is 2.42. The molecule has 0 heterocycles. The minimum absolute atomic E-state index is 0.0994. The van der Waals surface area contributed by atoms with Crippen LogP contribution in [0.5, 0.6) is 0 Å². The Bertz CT molecular complexity index is 142. The minimum atomic E-state index is -0.395. The predicted molar refractivity (Wildman–Crippen MR) is 31.5 cm³/mol. The third-order valence-corrected chi connectivity index (χ3v) is 0.502. The lowest BCUT2D eigenvalue weighted by molar-refractivity contribution is -0.135. The molecular weight excluding hydrogens is 120 g/mol. The molecule has 0 aromatic carbocycles. The van der Waals surface area contributed by atoms with E-state index in [4.69, 9.17) is 5.11 Å². The van der Waals surface area contributed by atoms with Crippen LogP contribution in [-0.4, -0.2) is 17.7 Å². The van der Waals surface area contributed by atoms with Gasteiger partial charge in [0.25, 0.3) is 0 Å². The summed E-state index contributed by atoms with van der Waals surface area (Å²) in [4.78, 5) is 10.0. The predicted octanol–water partition coefficient (Wildman–Crippen LogP) is 0.211. The van der Waals surface area contributed by atoms with Crippen molar-refractivity contribution in [2.45, 2.75) is 6.92 Å². The van der Waals surface area contributed by atoms with Crippen LogP contribution >= 0.6 is 0 Å². The van der Waals surface area contributed by atoms with Crippen molar-refractivity contribution in [2.75, 3.05) is 6.61 Å². The zero-order valence-corrected chi connectivity index (χ0v) is 5.13. The first-order valence-corrected chi connectivity index (χ1v) is 2.45. The van der Waals surface area contributed by atoms with Crippen LogP contribution in [0.15, 0.2) is 18.1 Å². The fraction of sp³-hybridized carbons (Fsp3) is 0.333. The van der Waals surface area contributed by atoms with Gasteiger partial charge in [-0.2, -0.15) is 0 Å². The van der Waals surface area contributed by atoms with Crippen LogP contribution in [0, 0.1) is 0 Å². The number of aliphatic hydroxyl groups is 1. The number of rotatable bonds is 2. The van der Waals surface area contributed by atoms with Crippen LogP contribution in [0.4, 0.5) is 0 Å². The maximum atomic E-state index is 10.0. The standard InChI is InChI=1S/C6H8O3/c1-6(8)9-5-3-2-4-7/h2,5,7H,4H2,1H3. The number of ether oxygens (including phenoxy) is 1. The molecule has 0 spiro atoms. The van der Waals surface area contributed by atoms with E-state index in [-0.39, 0.29) is 6.61 Å². The Kier molecular flexibility index (Phi) is 4.50. The van der Waals surface area contributed by atoms with Gasteiger partial charge >= 0.3 is 5.97 Å². The third kappa shape index (κ3) is 6.95. The average Bonchev–Trinajstić information content (AvgIpc) is 1.80. The maximum absolute atomic E-state index is 10.0. The van der Waals surface area contributed by atoms with Gasteiger partial charge in [0.05, 0.1) is 6.61 Å². The molecule has 0 fully saturated rings. The van der Waals surface area contributed by atoms with Gasteiger partial charge in [-0.15, -0.1) is 0 Å². The van der Waals surface area contributed by atoms with E-state index in [1.165, 1.54) is 13.0 Å². The highest BCUT2D eigenvalue weighted by atomic mass is 16.5. The van der Waals surface area contributed by atoms with E-state index in [1.54, 1.807) is 0 Å². The fourth-order valence-corrected chi connectivity index (χ4v) is 0.218. The van der Waals surface area contributed by atoms with E-state index in [0.29, 0.717) is 0 Å². The van der Waals surface area contributed by atoms with Crippen molar-refractivity contribution >= 4 is 5.97 Å². The Hall–Kier alpha value is -1.05. The molecule has 3 nitrogen and oxygen atoms in total. The molecule has 0 aliphatic rings. The van der Waals surface area contributed by atoms with Gasteiger partial charge in [-0.1, -0.05) is 5.73 Å². The molecule has 0 saturated heterocycles. The van der Waals surface area contributed by atoms with Crippen molar-refractivity contribution < 1.29 is 14.6 Å². The molecule has 50 valence electrons. The van der Waals surface area contributed by atoms with Gasteiger partial charge in [0, 0.05) is 6.92 Å². The molecule has 0 bridgehead atoms. The van der Waals surface area contributed by atoms with Crippen molar-refractivity contribution in [3.05, 3.63) is 18.1 Å². The zero-order chi connectivity index (χ0) is 7.11. The van der Waals surface area contributed by atoms with Gasteiger partial charge in [0.15, 0.2) is 0 Å². The second-order valence-corrected chi connectivity index (χ2v) is 1.28. The highest BCUT2D eigenvalue weighted by Gasteiger charge is 1.80. The molecule has 0 saturated carbocycles. The third-order valence-electron chi connectivity index (χ3n) is 0.502. The Morgan fingerprint density at radius 1 is 1.89 bits per heavy atom. The molecule has 9 heavy (non-hydrogen) atoms. The van der Waals surface area contributed by atoms with Gasteiger partial charge < -0.3 is 9.84 Å². The summed E-state index contributed by atoms with van der Waals surface area (Å²) in [7, 11) is 0. The number of aliphatic hydroxyl groups excluding tert-OH is 1. The number of esters is 1. The molecule has 0 aromatic rings. The summed E-state index contributed by atoms with van der Waals surface area (Å²) >= 11 is 0. The van der Waals surface area contributed by atoms with E-state index in [2.05, 4.69) is 10.5 Å². The van der Waals surface area contributed by atoms with Crippen LogP contribution in [0.3, 0.4) is 0 Å². The van der Waals surface area contributed by atoms with Crippen molar-refractivity contribution in [3.63, 3.8) is 0 Å². The first kappa shape index (κ1) is 7.95. The Balaban J connectivity index is 3.47. The first-order chi connectivity index (χ1) is 4.27. The average molecular weight is 128 g/mol. The van der Waals surface area contributed by atoms with Crippen LogP contribution in [0.2, 0.25) is 0 Å². The van der Waals surface area contributed by atoms with Gasteiger partial charge in [-0.3, -0.25) is 4.79 Å². The molecule has 1 N–H and O–H groups in total. The van der Waals surface area contributed by atoms with E-state index in [0.717, 1.165) is 6.26 Å². The van der Waals surface area contributed by atoms with E-state index < -0.39 is 5.97 Å². The van der Waals surface area contributed by atoms with Gasteiger partial charge in [-0.05, 0) is 6.08 Å². The maximum Gasteiger partial charge on any atom is 0.308 e. The van der Waals surface area contributed by atoms with E-state index in [9.17, 15) is 4.79 Å². The normalized spacial score (nSPS) is 7.33. The minimum Gasteiger partial charge on any atom is -0.426 e. The number of hydrogen-bond acceptors (Lipinski definition) is 3. The summed E-state index contributed by atoms with van der Waals surface area (Å²) in [5, 5.41) is 8.15. The molecule has 0 aliphatic heterocycles. The Morgan fingerprint density at radius 3 is 3.00 bits per heavy atom. The summed E-state index contributed by atoms with van der Waals surface area (Å²) in [6, 6.07) is 0. The second kappa shape index (κ2) is 5.09. The summed E-state index contributed by atoms with van der Waals surface area (Å²) < 4.78 is 4.33.